The van der Waals surface area contributed by atoms with Crippen LogP contribution in [0.25, 0.3) is 11.3 Å². The van der Waals surface area contributed by atoms with Gasteiger partial charge in [0, 0.05) is 37.3 Å². The Labute approximate surface area is 114 Å². The maximum atomic E-state index is 4.62. The summed E-state index contributed by atoms with van der Waals surface area (Å²) in [5.74, 6) is 2.00. The molecule has 2 rings (SSSR count). The molecule has 0 bridgehead atoms. The fourth-order valence-electron chi connectivity index (χ4n) is 1.85. The van der Waals surface area contributed by atoms with Crippen LogP contribution in [0.4, 0.5) is 5.82 Å². The van der Waals surface area contributed by atoms with E-state index >= 15 is 0 Å². The summed E-state index contributed by atoms with van der Waals surface area (Å²) in [4.78, 5) is 9.09. The van der Waals surface area contributed by atoms with E-state index in [0.29, 0.717) is 5.92 Å². The Balaban J connectivity index is 2.39. The number of aromatic nitrogens is 4. The highest BCUT2D eigenvalue weighted by Gasteiger charge is 2.10. The lowest BCUT2D eigenvalue weighted by atomic mass is 10.2. The van der Waals surface area contributed by atoms with Gasteiger partial charge < -0.3 is 5.32 Å². The Bertz CT molecular complexity index is 545. The van der Waals surface area contributed by atoms with E-state index in [1.165, 1.54) is 0 Å². The Morgan fingerprint density at radius 3 is 2.74 bits per heavy atom. The molecule has 0 aromatic carbocycles. The zero-order valence-electron chi connectivity index (χ0n) is 12.0. The summed E-state index contributed by atoms with van der Waals surface area (Å²) in [6, 6.07) is 1.96. The van der Waals surface area contributed by atoms with Crippen LogP contribution in [-0.2, 0) is 6.54 Å². The van der Waals surface area contributed by atoms with Crippen LogP contribution in [0.15, 0.2) is 18.5 Å². The summed E-state index contributed by atoms with van der Waals surface area (Å²) < 4.78 is 1.95. The minimum absolute atomic E-state index is 0.303. The first kappa shape index (κ1) is 13.5. The summed E-state index contributed by atoms with van der Waals surface area (Å²) in [5, 5.41) is 7.43. The monoisotopic (exact) mass is 259 g/mol. The standard InChI is InChI=1S/C14H21N5/c1-5-6-19-9-11(8-16-19)12-7-13(15-4)18-14(17-12)10(2)3/h7-10H,5-6H2,1-4H3,(H,15,17,18). The van der Waals surface area contributed by atoms with E-state index in [9.17, 15) is 0 Å². The van der Waals surface area contributed by atoms with Crippen molar-refractivity contribution >= 4 is 5.82 Å². The highest BCUT2D eigenvalue weighted by molar-refractivity contribution is 5.61. The lowest BCUT2D eigenvalue weighted by Crippen LogP contribution is -2.03. The van der Waals surface area contributed by atoms with E-state index in [2.05, 4.69) is 41.2 Å². The van der Waals surface area contributed by atoms with Crippen molar-refractivity contribution in [2.24, 2.45) is 0 Å². The van der Waals surface area contributed by atoms with Crippen LogP contribution in [0, 0.1) is 0 Å². The molecule has 0 fully saturated rings. The molecule has 0 aliphatic heterocycles. The molecule has 0 saturated heterocycles. The molecule has 102 valence electrons. The quantitative estimate of drug-likeness (QED) is 0.897. The molecule has 0 aliphatic carbocycles. The van der Waals surface area contributed by atoms with Gasteiger partial charge in [-0.1, -0.05) is 20.8 Å². The van der Waals surface area contributed by atoms with Crippen molar-refractivity contribution in [3.63, 3.8) is 0 Å². The van der Waals surface area contributed by atoms with E-state index in [4.69, 9.17) is 0 Å². The number of anilines is 1. The van der Waals surface area contributed by atoms with E-state index in [1.54, 1.807) is 0 Å². The average Bonchev–Trinajstić information content (AvgIpc) is 2.87. The Morgan fingerprint density at radius 1 is 1.32 bits per heavy atom. The van der Waals surface area contributed by atoms with Crippen LogP contribution in [0.3, 0.4) is 0 Å². The maximum Gasteiger partial charge on any atom is 0.133 e. The highest BCUT2D eigenvalue weighted by Crippen LogP contribution is 2.22. The summed E-state index contributed by atoms with van der Waals surface area (Å²) in [6.45, 7) is 7.27. The molecular weight excluding hydrogens is 238 g/mol. The van der Waals surface area contributed by atoms with E-state index in [1.807, 2.05) is 30.2 Å². The molecule has 1 N–H and O–H groups in total. The first-order valence-corrected chi connectivity index (χ1v) is 6.73. The minimum Gasteiger partial charge on any atom is -0.373 e. The fraction of sp³-hybridized carbons (Fsp3) is 0.500. The molecule has 0 saturated carbocycles. The average molecular weight is 259 g/mol. The molecule has 0 radical (unpaired) electrons. The fourth-order valence-corrected chi connectivity index (χ4v) is 1.85. The van der Waals surface area contributed by atoms with Crippen molar-refractivity contribution in [2.75, 3.05) is 12.4 Å². The van der Waals surface area contributed by atoms with Gasteiger partial charge >= 0.3 is 0 Å². The van der Waals surface area contributed by atoms with Crippen LogP contribution in [0.1, 0.15) is 38.9 Å². The molecule has 2 heterocycles. The number of hydrogen-bond donors (Lipinski definition) is 1. The first-order valence-electron chi connectivity index (χ1n) is 6.73. The third kappa shape index (κ3) is 3.10. The van der Waals surface area contributed by atoms with Crippen LogP contribution < -0.4 is 5.32 Å². The molecule has 0 spiro atoms. The number of nitrogens with zero attached hydrogens (tertiary/aromatic N) is 4. The normalized spacial score (nSPS) is 11.0. The molecule has 0 aliphatic rings. The topological polar surface area (TPSA) is 55.6 Å². The summed E-state index contributed by atoms with van der Waals surface area (Å²) in [6.07, 6.45) is 4.97. The van der Waals surface area contributed by atoms with Crippen molar-refractivity contribution < 1.29 is 0 Å². The van der Waals surface area contributed by atoms with E-state index in [0.717, 1.165) is 35.9 Å². The molecule has 0 amide bonds. The van der Waals surface area contributed by atoms with Gasteiger partial charge in [-0.2, -0.15) is 5.10 Å². The summed E-state index contributed by atoms with van der Waals surface area (Å²) in [7, 11) is 1.87. The summed E-state index contributed by atoms with van der Waals surface area (Å²) in [5.41, 5.74) is 1.96. The number of hydrogen-bond acceptors (Lipinski definition) is 4. The van der Waals surface area contributed by atoms with Crippen molar-refractivity contribution in [3.05, 3.63) is 24.3 Å². The van der Waals surface area contributed by atoms with Gasteiger partial charge in [0.25, 0.3) is 0 Å². The smallest absolute Gasteiger partial charge is 0.133 e. The second-order valence-electron chi connectivity index (χ2n) is 4.89. The van der Waals surface area contributed by atoms with Gasteiger partial charge in [-0.3, -0.25) is 4.68 Å². The van der Waals surface area contributed by atoms with Gasteiger partial charge in [0.1, 0.15) is 11.6 Å². The predicted molar refractivity (Wildman–Crippen MR) is 77.2 cm³/mol. The zero-order valence-corrected chi connectivity index (χ0v) is 12.0. The largest absolute Gasteiger partial charge is 0.373 e. The first-order chi connectivity index (χ1) is 9.13. The molecular formula is C14H21N5. The predicted octanol–water partition coefficient (Wildman–Crippen LogP) is 2.92. The summed E-state index contributed by atoms with van der Waals surface area (Å²) >= 11 is 0. The van der Waals surface area contributed by atoms with Crippen molar-refractivity contribution in [1.82, 2.24) is 19.7 Å². The van der Waals surface area contributed by atoms with Crippen molar-refractivity contribution in [3.8, 4) is 11.3 Å². The highest BCUT2D eigenvalue weighted by atomic mass is 15.3. The SMILES string of the molecule is CCCn1cc(-c2cc(NC)nc(C(C)C)n2)cn1. The van der Waals surface area contributed by atoms with Crippen molar-refractivity contribution in [2.45, 2.75) is 39.7 Å². The molecule has 5 nitrogen and oxygen atoms in total. The van der Waals surface area contributed by atoms with Crippen molar-refractivity contribution in [1.29, 1.82) is 0 Å². The van der Waals surface area contributed by atoms with Crippen LogP contribution in [-0.4, -0.2) is 26.8 Å². The van der Waals surface area contributed by atoms with Gasteiger partial charge in [-0.15, -0.1) is 0 Å². The molecule has 5 heteroatoms. The Hall–Kier alpha value is -1.91. The van der Waals surface area contributed by atoms with Gasteiger partial charge in [0.05, 0.1) is 11.9 Å². The lowest BCUT2D eigenvalue weighted by molar-refractivity contribution is 0.603. The number of rotatable bonds is 5. The molecule has 2 aromatic heterocycles. The second kappa shape index (κ2) is 5.82. The molecule has 0 unspecified atom stereocenters. The number of nitrogens with one attached hydrogen (secondary N) is 1. The van der Waals surface area contributed by atoms with Gasteiger partial charge in [0.15, 0.2) is 0 Å². The third-order valence-electron chi connectivity index (χ3n) is 2.90. The van der Waals surface area contributed by atoms with Crippen LogP contribution >= 0.6 is 0 Å². The zero-order chi connectivity index (χ0) is 13.8. The second-order valence-corrected chi connectivity index (χ2v) is 4.89. The lowest BCUT2D eigenvalue weighted by Gasteiger charge is -2.08. The third-order valence-corrected chi connectivity index (χ3v) is 2.90. The van der Waals surface area contributed by atoms with Gasteiger partial charge in [0.2, 0.25) is 0 Å². The van der Waals surface area contributed by atoms with Crippen LogP contribution in [0.5, 0.6) is 0 Å². The Kier molecular flexibility index (Phi) is 4.14. The number of aryl methyl sites for hydroxylation is 1. The molecule has 2 aromatic rings. The maximum absolute atomic E-state index is 4.62. The van der Waals surface area contributed by atoms with E-state index < -0.39 is 0 Å². The molecule has 19 heavy (non-hydrogen) atoms. The van der Waals surface area contributed by atoms with Crippen LogP contribution in [0.2, 0.25) is 0 Å². The minimum atomic E-state index is 0.303. The van der Waals surface area contributed by atoms with Gasteiger partial charge in [-0.05, 0) is 6.42 Å². The Morgan fingerprint density at radius 2 is 2.11 bits per heavy atom. The molecule has 0 atom stereocenters. The van der Waals surface area contributed by atoms with E-state index in [-0.39, 0.29) is 0 Å². The van der Waals surface area contributed by atoms with Gasteiger partial charge in [-0.25, -0.2) is 9.97 Å².